The highest BCUT2D eigenvalue weighted by Crippen LogP contribution is 2.33. The van der Waals surface area contributed by atoms with Gasteiger partial charge in [0.1, 0.15) is 5.69 Å². The number of alkyl halides is 3. The minimum absolute atomic E-state index is 0.139. The molecule has 0 amide bonds. The van der Waals surface area contributed by atoms with E-state index in [9.17, 15) is 18.3 Å². The van der Waals surface area contributed by atoms with Crippen molar-refractivity contribution in [1.29, 1.82) is 0 Å². The lowest BCUT2D eigenvalue weighted by Gasteiger charge is -2.09. The van der Waals surface area contributed by atoms with Crippen LogP contribution in [0.3, 0.4) is 0 Å². The van der Waals surface area contributed by atoms with Crippen molar-refractivity contribution in [2.24, 2.45) is 0 Å². The van der Waals surface area contributed by atoms with Crippen LogP contribution in [0.25, 0.3) is 28.4 Å². The van der Waals surface area contributed by atoms with Gasteiger partial charge in [-0.1, -0.05) is 6.07 Å². The third-order valence-corrected chi connectivity index (χ3v) is 4.28. The van der Waals surface area contributed by atoms with E-state index < -0.39 is 11.7 Å². The van der Waals surface area contributed by atoms with Crippen molar-refractivity contribution in [2.75, 3.05) is 7.11 Å². The zero-order chi connectivity index (χ0) is 20.6. The number of benzene rings is 1. The van der Waals surface area contributed by atoms with Crippen molar-refractivity contribution in [2.45, 2.75) is 12.8 Å². The summed E-state index contributed by atoms with van der Waals surface area (Å²) < 4.78 is 46.0. The van der Waals surface area contributed by atoms with Gasteiger partial charge in [-0.2, -0.15) is 13.2 Å². The van der Waals surface area contributed by atoms with Gasteiger partial charge in [0.05, 0.1) is 30.3 Å². The average Bonchev–Trinajstić information content (AvgIpc) is 3.12. The zero-order valence-corrected chi connectivity index (χ0v) is 15.1. The standard InChI is InChI=1S/C19H14F3N5O2/c1-29-17-7-6-16(25-26-17)27-15-5-3-12(19(20,21)22)8-14(15)24-18(27)13-4-2-11(10-28)9-23-13/h2-9,28H,10H2,1H3. The maximum Gasteiger partial charge on any atom is 0.416 e. The second-order valence-corrected chi connectivity index (χ2v) is 6.12. The monoisotopic (exact) mass is 401 g/mol. The first-order valence-electron chi connectivity index (χ1n) is 8.44. The number of nitrogens with zero attached hydrogens (tertiary/aromatic N) is 5. The fraction of sp³-hybridized carbons (Fsp3) is 0.158. The number of hydrogen-bond donors (Lipinski definition) is 1. The van der Waals surface area contributed by atoms with Gasteiger partial charge in [-0.15, -0.1) is 10.2 Å². The Labute approximate surface area is 162 Å². The molecule has 0 aliphatic rings. The van der Waals surface area contributed by atoms with E-state index in [-0.39, 0.29) is 12.1 Å². The first-order chi connectivity index (χ1) is 13.9. The number of aliphatic hydroxyl groups is 1. The molecule has 3 aromatic heterocycles. The fourth-order valence-corrected chi connectivity index (χ4v) is 2.85. The van der Waals surface area contributed by atoms with Gasteiger partial charge in [-0.3, -0.25) is 9.55 Å². The number of pyridine rings is 1. The molecule has 0 atom stereocenters. The molecule has 0 saturated heterocycles. The highest BCUT2D eigenvalue weighted by molar-refractivity contribution is 5.83. The molecular weight excluding hydrogens is 387 g/mol. The number of imidazole rings is 1. The molecule has 3 heterocycles. The highest BCUT2D eigenvalue weighted by atomic mass is 19.4. The number of hydrogen-bond acceptors (Lipinski definition) is 6. The Morgan fingerprint density at radius 2 is 1.90 bits per heavy atom. The topological polar surface area (TPSA) is 86.0 Å². The Kier molecular flexibility index (Phi) is 4.63. The van der Waals surface area contributed by atoms with Crippen LogP contribution in [0.15, 0.2) is 48.7 Å². The second kappa shape index (κ2) is 7.13. The summed E-state index contributed by atoms with van der Waals surface area (Å²) in [7, 11) is 1.45. The van der Waals surface area contributed by atoms with E-state index in [1.807, 2.05) is 0 Å². The summed E-state index contributed by atoms with van der Waals surface area (Å²) in [4.78, 5) is 8.64. The highest BCUT2D eigenvalue weighted by Gasteiger charge is 2.31. The quantitative estimate of drug-likeness (QED) is 0.564. The van der Waals surface area contributed by atoms with Crippen molar-refractivity contribution in [1.82, 2.24) is 24.7 Å². The smallest absolute Gasteiger partial charge is 0.416 e. The number of ether oxygens (including phenoxy) is 1. The molecule has 10 heteroatoms. The second-order valence-electron chi connectivity index (χ2n) is 6.12. The van der Waals surface area contributed by atoms with Gasteiger partial charge in [0, 0.05) is 12.3 Å². The third kappa shape index (κ3) is 3.49. The van der Waals surface area contributed by atoms with Crippen LogP contribution in [0.5, 0.6) is 5.88 Å². The van der Waals surface area contributed by atoms with Gasteiger partial charge in [0.25, 0.3) is 0 Å². The minimum Gasteiger partial charge on any atom is -0.480 e. The number of fused-ring (bicyclic) bond motifs is 1. The van der Waals surface area contributed by atoms with Crippen LogP contribution < -0.4 is 4.74 Å². The van der Waals surface area contributed by atoms with E-state index in [1.165, 1.54) is 19.4 Å². The van der Waals surface area contributed by atoms with Crippen LogP contribution in [0.2, 0.25) is 0 Å². The maximum atomic E-state index is 13.1. The summed E-state index contributed by atoms with van der Waals surface area (Å²) in [5.74, 6) is 0.934. The van der Waals surface area contributed by atoms with Crippen LogP contribution >= 0.6 is 0 Å². The molecule has 0 radical (unpaired) electrons. The Balaban J connectivity index is 1.95. The van der Waals surface area contributed by atoms with E-state index in [2.05, 4.69) is 20.2 Å². The molecule has 0 bridgehead atoms. The molecule has 29 heavy (non-hydrogen) atoms. The van der Waals surface area contributed by atoms with Gasteiger partial charge in [0.2, 0.25) is 5.88 Å². The molecule has 0 saturated carbocycles. The lowest BCUT2D eigenvalue weighted by Crippen LogP contribution is -2.05. The van der Waals surface area contributed by atoms with E-state index in [4.69, 9.17) is 4.74 Å². The van der Waals surface area contributed by atoms with Crippen LogP contribution in [-0.2, 0) is 12.8 Å². The predicted octanol–water partition coefficient (Wildman–Crippen LogP) is 3.40. The number of aromatic nitrogens is 5. The molecule has 1 N–H and O–H groups in total. The number of halogens is 3. The summed E-state index contributed by atoms with van der Waals surface area (Å²) in [6.07, 6.45) is -3.01. The van der Waals surface area contributed by atoms with Crippen molar-refractivity contribution < 1.29 is 23.0 Å². The first-order valence-corrected chi connectivity index (χ1v) is 8.44. The maximum absolute atomic E-state index is 13.1. The van der Waals surface area contributed by atoms with E-state index in [0.29, 0.717) is 34.3 Å². The Morgan fingerprint density at radius 1 is 1.07 bits per heavy atom. The third-order valence-electron chi connectivity index (χ3n) is 4.28. The first kappa shape index (κ1) is 18.8. The number of aliphatic hydroxyl groups excluding tert-OH is 1. The van der Waals surface area contributed by atoms with Crippen LogP contribution in [0.1, 0.15) is 11.1 Å². The average molecular weight is 401 g/mol. The molecule has 4 rings (SSSR count). The van der Waals surface area contributed by atoms with Gasteiger partial charge < -0.3 is 9.84 Å². The molecule has 148 valence electrons. The fourth-order valence-electron chi connectivity index (χ4n) is 2.85. The van der Waals surface area contributed by atoms with Crippen LogP contribution in [0.4, 0.5) is 13.2 Å². The summed E-state index contributed by atoms with van der Waals surface area (Å²) in [5, 5.41) is 17.2. The van der Waals surface area contributed by atoms with E-state index >= 15 is 0 Å². The van der Waals surface area contributed by atoms with Crippen molar-refractivity contribution in [3.8, 4) is 23.2 Å². The largest absolute Gasteiger partial charge is 0.480 e. The molecule has 0 aliphatic heterocycles. The molecule has 0 aliphatic carbocycles. The minimum atomic E-state index is -4.49. The van der Waals surface area contributed by atoms with Gasteiger partial charge >= 0.3 is 6.18 Å². The SMILES string of the molecule is COc1ccc(-n2c(-c3ccc(CO)cn3)nc3cc(C(F)(F)F)ccc32)nn1. The predicted molar refractivity (Wildman–Crippen MR) is 97.4 cm³/mol. The molecule has 4 aromatic rings. The number of rotatable bonds is 4. The van der Waals surface area contributed by atoms with Crippen molar-refractivity contribution in [3.05, 3.63) is 59.8 Å². The summed E-state index contributed by atoms with van der Waals surface area (Å²) >= 11 is 0. The van der Waals surface area contributed by atoms with Crippen LogP contribution in [0, 0.1) is 0 Å². The van der Waals surface area contributed by atoms with Gasteiger partial charge in [-0.25, -0.2) is 4.98 Å². The van der Waals surface area contributed by atoms with Gasteiger partial charge in [-0.05, 0) is 35.9 Å². The Bertz CT molecular complexity index is 1160. The summed E-state index contributed by atoms with van der Waals surface area (Å²) in [6.45, 7) is -0.178. The molecule has 0 fully saturated rings. The van der Waals surface area contributed by atoms with Crippen molar-refractivity contribution in [3.63, 3.8) is 0 Å². The van der Waals surface area contributed by atoms with Crippen molar-refractivity contribution >= 4 is 11.0 Å². The lowest BCUT2D eigenvalue weighted by molar-refractivity contribution is -0.137. The lowest BCUT2D eigenvalue weighted by atomic mass is 10.2. The van der Waals surface area contributed by atoms with E-state index in [0.717, 1.165) is 12.1 Å². The van der Waals surface area contributed by atoms with E-state index in [1.54, 1.807) is 28.8 Å². The molecule has 0 unspecified atom stereocenters. The normalized spacial score (nSPS) is 11.8. The van der Waals surface area contributed by atoms with Gasteiger partial charge in [0.15, 0.2) is 11.6 Å². The zero-order valence-electron chi connectivity index (χ0n) is 15.1. The molecule has 7 nitrogen and oxygen atoms in total. The summed E-state index contributed by atoms with van der Waals surface area (Å²) in [5.41, 5.74) is 0.760. The Morgan fingerprint density at radius 3 is 2.48 bits per heavy atom. The molecule has 1 aromatic carbocycles. The Hall–Kier alpha value is -3.53. The molecule has 0 spiro atoms. The number of methoxy groups -OCH3 is 1. The molecular formula is C19H14F3N5O2. The van der Waals surface area contributed by atoms with Crippen LogP contribution in [-0.4, -0.2) is 36.9 Å². The summed E-state index contributed by atoms with van der Waals surface area (Å²) in [6, 6.07) is 9.80.